The van der Waals surface area contributed by atoms with Crippen LogP contribution in [0.15, 0.2) is 0 Å². The van der Waals surface area contributed by atoms with E-state index in [-0.39, 0.29) is 0 Å². The number of carbonyl (C=O) groups is 1. The molecule has 1 saturated heterocycles. The monoisotopic (exact) mass is 255 g/mol. The summed E-state index contributed by atoms with van der Waals surface area (Å²) in [5.41, 5.74) is -0.557. The Kier molecular flexibility index (Phi) is 4.28. The summed E-state index contributed by atoms with van der Waals surface area (Å²) < 4.78 is 5.47. The first kappa shape index (κ1) is 13.8. The molecule has 1 aliphatic heterocycles. The first-order valence-electron chi connectivity index (χ1n) is 7.05. The number of piperidine rings is 1. The van der Waals surface area contributed by atoms with Crippen LogP contribution in [-0.4, -0.2) is 48.3 Å². The molecule has 0 bridgehead atoms. The minimum Gasteiger partial charge on any atom is -0.481 e. The molecule has 4 nitrogen and oxygen atoms in total. The zero-order valence-electron chi connectivity index (χ0n) is 11.5. The second-order valence-corrected chi connectivity index (χ2v) is 6.12. The highest BCUT2D eigenvalue weighted by Gasteiger charge is 2.40. The van der Waals surface area contributed by atoms with E-state index in [0.29, 0.717) is 18.7 Å². The molecule has 0 radical (unpaired) electrons. The Morgan fingerprint density at radius 1 is 1.39 bits per heavy atom. The van der Waals surface area contributed by atoms with Gasteiger partial charge in [0.25, 0.3) is 0 Å². The number of rotatable bonds is 3. The van der Waals surface area contributed by atoms with Crippen LogP contribution >= 0.6 is 0 Å². The molecule has 1 N–H and O–H groups in total. The quantitative estimate of drug-likeness (QED) is 0.839. The Morgan fingerprint density at radius 2 is 2.17 bits per heavy atom. The van der Waals surface area contributed by atoms with E-state index in [9.17, 15) is 9.90 Å². The topological polar surface area (TPSA) is 49.8 Å². The van der Waals surface area contributed by atoms with Crippen LogP contribution in [0.3, 0.4) is 0 Å². The third-order valence-corrected chi connectivity index (χ3v) is 4.69. The summed E-state index contributed by atoms with van der Waals surface area (Å²) in [5.74, 6) is -0.647. The second-order valence-electron chi connectivity index (χ2n) is 6.12. The van der Waals surface area contributed by atoms with Crippen molar-refractivity contribution >= 4 is 5.97 Å². The van der Waals surface area contributed by atoms with Crippen molar-refractivity contribution in [3.05, 3.63) is 0 Å². The van der Waals surface area contributed by atoms with Crippen molar-refractivity contribution < 1.29 is 14.6 Å². The summed E-state index contributed by atoms with van der Waals surface area (Å²) in [7, 11) is 1.78. The van der Waals surface area contributed by atoms with Crippen molar-refractivity contribution in [2.24, 2.45) is 5.41 Å². The zero-order chi connectivity index (χ0) is 13.2. The van der Waals surface area contributed by atoms with E-state index in [4.69, 9.17) is 4.74 Å². The van der Waals surface area contributed by atoms with E-state index in [1.54, 1.807) is 7.11 Å². The largest absolute Gasteiger partial charge is 0.481 e. The van der Waals surface area contributed by atoms with Crippen LogP contribution < -0.4 is 0 Å². The van der Waals surface area contributed by atoms with Crippen LogP contribution in [0.5, 0.6) is 0 Å². The molecule has 0 spiro atoms. The zero-order valence-corrected chi connectivity index (χ0v) is 11.5. The maximum Gasteiger partial charge on any atom is 0.310 e. The Labute approximate surface area is 109 Å². The molecule has 1 saturated carbocycles. The fourth-order valence-electron chi connectivity index (χ4n) is 3.43. The molecular formula is C14H25NO3. The van der Waals surface area contributed by atoms with Crippen LogP contribution in [0.25, 0.3) is 0 Å². The lowest BCUT2D eigenvalue weighted by atomic mass is 9.80. The summed E-state index contributed by atoms with van der Waals surface area (Å²) in [6.07, 6.45) is 6.76. The Hall–Kier alpha value is -0.610. The lowest BCUT2D eigenvalue weighted by Crippen LogP contribution is -2.51. The molecule has 0 amide bonds. The minimum atomic E-state index is -0.647. The Balaban J connectivity index is 1.98. The van der Waals surface area contributed by atoms with Crippen molar-refractivity contribution in [1.82, 2.24) is 4.90 Å². The van der Waals surface area contributed by atoms with Crippen molar-refractivity contribution in [1.29, 1.82) is 0 Å². The van der Waals surface area contributed by atoms with E-state index in [1.807, 2.05) is 6.92 Å². The van der Waals surface area contributed by atoms with Crippen LogP contribution in [0.4, 0.5) is 0 Å². The summed E-state index contributed by atoms with van der Waals surface area (Å²) in [5, 5.41) is 9.36. The van der Waals surface area contributed by atoms with Gasteiger partial charge in [-0.15, -0.1) is 0 Å². The van der Waals surface area contributed by atoms with Crippen LogP contribution in [-0.2, 0) is 9.53 Å². The molecule has 3 atom stereocenters. The highest BCUT2D eigenvalue weighted by atomic mass is 16.5. The molecule has 18 heavy (non-hydrogen) atoms. The van der Waals surface area contributed by atoms with Crippen molar-refractivity contribution in [2.75, 3.05) is 20.2 Å². The van der Waals surface area contributed by atoms with Gasteiger partial charge in [0.15, 0.2) is 0 Å². The van der Waals surface area contributed by atoms with Crippen molar-refractivity contribution in [3.8, 4) is 0 Å². The number of hydrogen-bond acceptors (Lipinski definition) is 3. The summed E-state index contributed by atoms with van der Waals surface area (Å²) in [6.45, 7) is 3.63. The van der Waals surface area contributed by atoms with Crippen molar-refractivity contribution in [3.63, 3.8) is 0 Å². The summed E-state index contributed by atoms with van der Waals surface area (Å²) >= 11 is 0. The summed E-state index contributed by atoms with van der Waals surface area (Å²) in [4.78, 5) is 13.8. The second kappa shape index (κ2) is 5.57. The predicted octanol–water partition coefficient (Wildman–Crippen LogP) is 2.13. The maximum atomic E-state index is 11.4. The van der Waals surface area contributed by atoms with Crippen LogP contribution in [0.1, 0.15) is 45.4 Å². The van der Waals surface area contributed by atoms with Gasteiger partial charge in [-0.1, -0.05) is 0 Å². The number of methoxy groups -OCH3 is 1. The first-order valence-corrected chi connectivity index (χ1v) is 7.05. The number of likely N-dealkylation sites (tertiary alicyclic amines) is 1. The average molecular weight is 255 g/mol. The molecule has 2 aliphatic rings. The van der Waals surface area contributed by atoms with Crippen molar-refractivity contribution in [2.45, 2.75) is 57.6 Å². The SMILES string of the molecule is COC1CCCC(N2CCCC(C)(C(=O)O)C2)C1. The highest BCUT2D eigenvalue weighted by Crippen LogP contribution is 2.34. The van der Waals surface area contributed by atoms with E-state index in [2.05, 4.69) is 4.90 Å². The highest BCUT2D eigenvalue weighted by molar-refractivity contribution is 5.74. The fourth-order valence-corrected chi connectivity index (χ4v) is 3.43. The van der Waals surface area contributed by atoms with Gasteiger partial charge in [0, 0.05) is 19.7 Å². The molecule has 1 heterocycles. The number of carboxylic acid groups (broad SMARTS) is 1. The lowest BCUT2D eigenvalue weighted by molar-refractivity contribution is -0.152. The molecule has 104 valence electrons. The Bertz CT molecular complexity index is 307. The van der Waals surface area contributed by atoms with Gasteiger partial charge in [0.05, 0.1) is 11.5 Å². The number of nitrogens with zero attached hydrogens (tertiary/aromatic N) is 1. The molecule has 0 aromatic rings. The third kappa shape index (κ3) is 2.86. The van der Waals surface area contributed by atoms with Gasteiger partial charge in [-0.2, -0.15) is 0 Å². The van der Waals surface area contributed by atoms with Crippen LogP contribution in [0.2, 0.25) is 0 Å². The molecule has 4 heteroatoms. The lowest BCUT2D eigenvalue weighted by Gasteiger charge is -2.44. The van der Waals surface area contributed by atoms with Gasteiger partial charge < -0.3 is 9.84 Å². The van der Waals surface area contributed by atoms with E-state index in [1.165, 1.54) is 12.8 Å². The van der Waals surface area contributed by atoms with Crippen LogP contribution in [0, 0.1) is 5.41 Å². The number of ether oxygens (including phenoxy) is 1. The summed E-state index contributed by atoms with van der Waals surface area (Å²) in [6, 6.07) is 0.516. The normalized spacial score (nSPS) is 38.6. The van der Waals surface area contributed by atoms with Gasteiger partial charge in [0.2, 0.25) is 0 Å². The first-order chi connectivity index (χ1) is 8.55. The van der Waals surface area contributed by atoms with Gasteiger partial charge >= 0.3 is 5.97 Å². The Morgan fingerprint density at radius 3 is 2.83 bits per heavy atom. The smallest absolute Gasteiger partial charge is 0.310 e. The molecular weight excluding hydrogens is 230 g/mol. The molecule has 2 fully saturated rings. The number of aliphatic carboxylic acids is 1. The average Bonchev–Trinajstić information content (AvgIpc) is 2.39. The van der Waals surface area contributed by atoms with E-state index < -0.39 is 11.4 Å². The minimum absolute atomic E-state index is 0.363. The molecule has 1 aliphatic carbocycles. The molecule has 3 unspecified atom stereocenters. The number of carboxylic acids is 1. The fraction of sp³-hybridized carbons (Fsp3) is 0.929. The van der Waals surface area contributed by atoms with E-state index >= 15 is 0 Å². The predicted molar refractivity (Wildman–Crippen MR) is 69.6 cm³/mol. The maximum absolute atomic E-state index is 11.4. The third-order valence-electron chi connectivity index (χ3n) is 4.69. The molecule has 0 aromatic heterocycles. The molecule has 2 rings (SSSR count). The molecule has 0 aromatic carbocycles. The van der Waals surface area contributed by atoms with E-state index in [0.717, 1.165) is 32.2 Å². The van der Waals surface area contributed by atoms with Gasteiger partial charge in [-0.3, -0.25) is 9.69 Å². The van der Waals surface area contributed by atoms with Gasteiger partial charge in [-0.25, -0.2) is 0 Å². The van der Waals surface area contributed by atoms with Gasteiger partial charge in [0.1, 0.15) is 0 Å². The number of hydrogen-bond donors (Lipinski definition) is 1. The van der Waals surface area contributed by atoms with Gasteiger partial charge in [-0.05, 0) is 52.0 Å². The standard InChI is InChI=1S/C14H25NO3/c1-14(13(16)17)7-4-8-15(10-14)11-5-3-6-12(9-11)18-2/h11-12H,3-10H2,1-2H3,(H,16,17).